The number of barbiturate groups is 1. The molecule has 1 aliphatic rings. The molecule has 0 spiro atoms. The van der Waals surface area contributed by atoms with E-state index in [1.165, 1.54) is 13.8 Å². The summed E-state index contributed by atoms with van der Waals surface area (Å²) in [5.41, 5.74) is -1.16. The molecule has 1 fully saturated rings. The van der Waals surface area contributed by atoms with Crippen molar-refractivity contribution in [2.45, 2.75) is 34.1 Å². The maximum Gasteiger partial charge on any atom is 0.330 e. The molecule has 0 atom stereocenters. The van der Waals surface area contributed by atoms with Crippen molar-refractivity contribution in [1.82, 2.24) is 15.1 Å². The van der Waals surface area contributed by atoms with Crippen molar-refractivity contribution in [2.75, 3.05) is 26.2 Å². The summed E-state index contributed by atoms with van der Waals surface area (Å²) in [6, 6.07) is -0.603. The van der Waals surface area contributed by atoms with Crippen molar-refractivity contribution in [3.05, 3.63) is 0 Å². The number of nitrogens with one attached hydrogen (secondary N) is 1. The molecule has 1 rings (SSSR count). The average Bonchev–Trinajstić information content (AvgIpc) is 2.36. The van der Waals surface area contributed by atoms with E-state index in [1.807, 2.05) is 0 Å². The van der Waals surface area contributed by atoms with Crippen molar-refractivity contribution in [3.63, 3.8) is 0 Å². The number of nitrogens with zero attached hydrogens (tertiary/aromatic N) is 2. The molecule has 0 saturated carbocycles. The second kappa shape index (κ2) is 6.14. The van der Waals surface area contributed by atoms with Crippen LogP contribution in [0.4, 0.5) is 4.79 Å². The lowest BCUT2D eigenvalue weighted by molar-refractivity contribution is -0.149. The van der Waals surface area contributed by atoms with Crippen molar-refractivity contribution in [2.24, 2.45) is 5.41 Å². The summed E-state index contributed by atoms with van der Waals surface area (Å²) in [5.74, 6) is -0.941. The molecular formula is C13H23N3O3. The van der Waals surface area contributed by atoms with E-state index in [9.17, 15) is 14.4 Å². The molecule has 1 heterocycles. The maximum atomic E-state index is 12.1. The second-order valence-electron chi connectivity index (χ2n) is 5.22. The summed E-state index contributed by atoms with van der Waals surface area (Å²) >= 11 is 0. The Balaban J connectivity index is 2.60. The lowest BCUT2D eigenvalue weighted by Crippen LogP contribution is -2.62. The van der Waals surface area contributed by atoms with Gasteiger partial charge in [-0.3, -0.25) is 19.8 Å². The van der Waals surface area contributed by atoms with E-state index in [-0.39, 0.29) is 0 Å². The van der Waals surface area contributed by atoms with Crippen LogP contribution in [-0.2, 0) is 9.59 Å². The van der Waals surface area contributed by atoms with Gasteiger partial charge in [0.05, 0.1) is 0 Å². The molecule has 19 heavy (non-hydrogen) atoms. The van der Waals surface area contributed by atoms with Gasteiger partial charge >= 0.3 is 6.03 Å². The first-order chi connectivity index (χ1) is 8.84. The van der Waals surface area contributed by atoms with Crippen LogP contribution >= 0.6 is 0 Å². The van der Waals surface area contributed by atoms with Crippen LogP contribution in [0.2, 0.25) is 0 Å². The Morgan fingerprint density at radius 3 is 2.26 bits per heavy atom. The molecule has 0 aromatic carbocycles. The van der Waals surface area contributed by atoms with Crippen LogP contribution in [0, 0.1) is 5.41 Å². The van der Waals surface area contributed by atoms with Crippen LogP contribution in [0.25, 0.3) is 0 Å². The predicted molar refractivity (Wildman–Crippen MR) is 71.4 cm³/mol. The number of rotatable bonds is 6. The first-order valence-corrected chi connectivity index (χ1v) is 6.74. The summed E-state index contributed by atoms with van der Waals surface area (Å²) in [4.78, 5) is 38.7. The van der Waals surface area contributed by atoms with Gasteiger partial charge in [-0.15, -0.1) is 0 Å². The molecule has 0 aromatic rings. The van der Waals surface area contributed by atoms with Gasteiger partial charge in [-0.2, -0.15) is 0 Å². The van der Waals surface area contributed by atoms with Gasteiger partial charge in [0.25, 0.3) is 0 Å². The quantitative estimate of drug-likeness (QED) is 0.725. The summed E-state index contributed by atoms with van der Waals surface area (Å²) in [7, 11) is 0. The van der Waals surface area contributed by atoms with Crippen LogP contribution in [-0.4, -0.2) is 53.8 Å². The van der Waals surface area contributed by atoms with Crippen LogP contribution in [0.1, 0.15) is 34.1 Å². The third kappa shape index (κ3) is 3.32. The Kier molecular flexibility index (Phi) is 5.05. The zero-order chi connectivity index (χ0) is 14.6. The number of hydrogen-bond acceptors (Lipinski definition) is 4. The van der Waals surface area contributed by atoms with Crippen molar-refractivity contribution in [1.29, 1.82) is 0 Å². The highest BCUT2D eigenvalue weighted by atomic mass is 16.2. The fourth-order valence-electron chi connectivity index (χ4n) is 2.04. The minimum Gasteiger partial charge on any atom is -0.304 e. The maximum absolute atomic E-state index is 12.1. The molecule has 108 valence electrons. The molecular weight excluding hydrogens is 246 g/mol. The number of carbonyl (C=O) groups excluding carboxylic acids is 3. The van der Waals surface area contributed by atoms with Gasteiger partial charge in [0, 0.05) is 6.54 Å². The summed E-state index contributed by atoms with van der Waals surface area (Å²) in [6.45, 7) is 10.3. The first-order valence-electron chi connectivity index (χ1n) is 6.74. The van der Waals surface area contributed by atoms with Gasteiger partial charge in [0.1, 0.15) is 5.41 Å². The third-order valence-corrected chi connectivity index (χ3v) is 3.56. The number of hydrogen-bond donors (Lipinski definition) is 1. The van der Waals surface area contributed by atoms with E-state index in [4.69, 9.17) is 0 Å². The molecule has 0 radical (unpaired) electrons. The van der Waals surface area contributed by atoms with Gasteiger partial charge in [0.2, 0.25) is 11.8 Å². The van der Waals surface area contributed by atoms with Crippen LogP contribution in [0.5, 0.6) is 0 Å². The molecule has 1 aliphatic heterocycles. The molecule has 1 saturated heterocycles. The number of imide groups is 2. The lowest BCUT2D eigenvalue weighted by Gasteiger charge is -2.34. The van der Waals surface area contributed by atoms with Crippen LogP contribution < -0.4 is 5.32 Å². The van der Waals surface area contributed by atoms with Gasteiger partial charge in [-0.25, -0.2) is 4.79 Å². The smallest absolute Gasteiger partial charge is 0.304 e. The van der Waals surface area contributed by atoms with E-state index in [0.717, 1.165) is 24.5 Å². The SMILES string of the molecule is CCN(CC)CCCN1C(=O)NC(=O)C(C)(C)C1=O. The zero-order valence-electron chi connectivity index (χ0n) is 12.2. The first kappa shape index (κ1) is 15.6. The Bertz CT molecular complexity index is 375. The Morgan fingerprint density at radius 1 is 1.16 bits per heavy atom. The van der Waals surface area contributed by atoms with E-state index in [2.05, 4.69) is 24.1 Å². The zero-order valence-corrected chi connectivity index (χ0v) is 12.2. The number of amides is 4. The Hall–Kier alpha value is -1.43. The summed E-state index contributed by atoms with van der Waals surface area (Å²) in [6.07, 6.45) is 0.713. The van der Waals surface area contributed by atoms with Gasteiger partial charge in [-0.05, 0) is 39.9 Å². The van der Waals surface area contributed by atoms with Crippen molar-refractivity contribution >= 4 is 17.8 Å². The fourth-order valence-corrected chi connectivity index (χ4v) is 2.04. The summed E-state index contributed by atoms with van der Waals surface area (Å²) in [5, 5.41) is 2.23. The van der Waals surface area contributed by atoms with E-state index < -0.39 is 23.3 Å². The van der Waals surface area contributed by atoms with Crippen LogP contribution in [0.3, 0.4) is 0 Å². The van der Waals surface area contributed by atoms with Crippen molar-refractivity contribution < 1.29 is 14.4 Å². The Morgan fingerprint density at radius 2 is 1.74 bits per heavy atom. The lowest BCUT2D eigenvalue weighted by atomic mass is 9.89. The second-order valence-corrected chi connectivity index (χ2v) is 5.22. The highest BCUT2D eigenvalue weighted by Gasteiger charge is 2.46. The average molecular weight is 269 g/mol. The van der Waals surface area contributed by atoms with E-state index in [1.54, 1.807) is 0 Å². The predicted octanol–water partition coefficient (Wildman–Crippen LogP) is 0.823. The van der Waals surface area contributed by atoms with E-state index in [0.29, 0.717) is 13.0 Å². The molecule has 4 amide bonds. The largest absolute Gasteiger partial charge is 0.330 e. The fraction of sp³-hybridized carbons (Fsp3) is 0.769. The highest BCUT2D eigenvalue weighted by Crippen LogP contribution is 2.23. The molecule has 1 N–H and O–H groups in total. The van der Waals surface area contributed by atoms with Gasteiger partial charge < -0.3 is 4.90 Å². The van der Waals surface area contributed by atoms with Crippen LogP contribution in [0.15, 0.2) is 0 Å². The minimum atomic E-state index is -1.16. The van der Waals surface area contributed by atoms with Crippen molar-refractivity contribution in [3.8, 4) is 0 Å². The third-order valence-electron chi connectivity index (χ3n) is 3.56. The molecule has 0 aromatic heterocycles. The standard InChI is InChI=1S/C13H23N3O3/c1-5-15(6-2)8-7-9-16-11(18)13(3,4)10(17)14-12(16)19/h5-9H2,1-4H3,(H,14,17,19). The van der Waals surface area contributed by atoms with Gasteiger partial charge in [0.15, 0.2) is 0 Å². The van der Waals surface area contributed by atoms with E-state index >= 15 is 0 Å². The monoisotopic (exact) mass is 269 g/mol. The number of urea groups is 1. The molecule has 0 unspecified atom stereocenters. The molecule has 6 heteroatoms. The Labute approximate surface area is 114 Å². The number of carbonyl (C=O) groups is 3. The minimum absolute atomic E-state index is 0.345. The highest BCUT2D eigenvalue weighted by molar-refractivity contribution is 6.18. The molecule has 0 aliphatic carbocycles. The van der Waals surface area contributed by atoms with Gasteiger partial charge in [-0.1, -0.05) is 13.8 Å². The summed E-state index contributed by atoms with van der Waals surface area (Å²) < 4.78 is 0. The molecule has 6 nitrogen and oxygen atoms in total. The topological polar surface area (TPSA) is 69.7 Å². The molecule has 0 bridgehead atoms. The normalized spacial score (nSPS) is 19.0.